The molecule has 0 saturated heterocycles. The Bertz CT molecular complexity index is 810. The second-order valence-corrected chi connectivity index (χ2v) is 6.81. The fourth-order valence-electron chi connectivity index (χ4n) is 3.60. The van der Waals surface area contributed by atoms with Gasteiger partial charge in [0.15, 0.2) is 5.41 Å². The van der Waals surface area contributed by atoms with Gasteiger partial charge in [-0.25, -0.2) is 0 Å². The number of nitrogens with zero attached hydrogens (tertiary/aromatic N) is 3. The molecule has 1 atom stereocenters. The Kier molecular flexibility index (Phi) is 4.04. The van der Waals surface area contributed by atoms with Crippen molar-refractivity contribution in [1.82, 2.24) is 0 Å². The van der Waals surface area contributed by atoms with Crippen molar-refractivity contribution in [3.63, 3.8) is 0 Å². The minimum atomic E-state index is -1.16. The van der Waals surface area contributed by atoms with Crippen LogP contribution in [-0.2, 0) is 5.41 Å². The van der Waals surface area contributed by atoms with E-state index in [2.05, 4.69) is 49.1 Å². The van der Waals surface area contributed by atoms with E-state index < -0.39 is 5.41 Å². The third-order valence-corrected chi connectivity index (χ3v) is 5.06. The van der Waals surface area contributed by atoms with Crippen molar-refractivity contribution in [2.75, 3.05) is 18.5 Å². The fraction of sp³-hybridized carbons (Fsp3) is 0.333. The van der Waals surface area contributed by atoms with Crippen LogP contribution in [0.15, 0.2) is 48.5 Å². The van der Waals surface area contributed by atoms with E-state index in [0.717, 1.165) is 22.4 Å². The molecule has 3 rings (SSSR count). The van der Waals surface area contributed by atoms with Crippen LogP contribution in [0.5, 0.6) is 0 Å². The standard InChI is InChI=1S/C21H21N3/c1-15(2)17-9-10-20-18(11-17)21(13-22,14-23)19(12-24(20)3)16-7-5-4-6-8-16/h4-11,15,19H,12H2,1-3H3/t19-/m0/s1. The summed E-state index contributed by atoms with van der Waals surface area (Å²) in [6.07, 6.45) is 0. The topological polar surface area (TPSA) is 50.8 Å². The van der Waals surface area contributed by atoms with Crippen LogP contribution in [0.4, 0.5) is 5.69 Å². The highest BCUT2D eigenvalue weighted by molar-refractivity contribution is 5.67. The van der Waals surface area contributed by atoms with E-state index in [1.54, 1.807) is 0 Å². The first-order valence-corrected chi connectivity index (χ1v) is 8.26. The summed E-state index contributed by atoms with van der Waals surface area (Å²) in [4.78, 5) is 2.16. The van der Waals surface area contributed by atoms with Crippen molar-refractivity contribution in [3.8, 4) is 12.1 Å². The molecule has 120 valence electrons. The third kappa shape index (κ3) is 2.34. The van der Waals surface area contributed by atoms with Crippen LogP contribution < -0.4 is 4.90 Å². The molecule has 0 N–H and O–H groups in total. The second kappa shape index (κ2) is 6.02. The van der Waals surface area contributed by atoms with Gasteiger partial charge in [0, 0.05) is 30.8 Å². The average Bonchev–Trinajstić information content (AvgIpc) is 2.62. The molecule has 1 aliphatic heterocycles. The maximum Gasteiger partial charge on any atom is 0.179 e. The molecule has 3 heteroatoms. The molecule has 3 nitrogen and oxygen atoms in total. The summed E-state index contributed by atoms with van der Waals surface area (Å²) in [6.45, 7) is 4.91. The first kappa shape index (κ1) is 16.1. The van der Waals surface area contributed by atoms with Gasteiger partial charge in [-0.2, -0.15) is 10.5 Å². The van der Waals surface area contributed by atoms with Crippen LogP contribution in [0.1, 0.15) is 42.4 Å². The lowest BCUT2D eigenvalue weighted by atomic mass is 9.66. The minimum Gasteiger partial charge on any atom is -0.374 e. The molecule has 24 heavy (non-hydrogen) atoms. The number of fused-ring (bicyclic) bond motifs is 1. The Morgan fingerprint density at radius 2 is 1.75 bits per heavy atom. The zero-order valence-corrected chi connectivity index (χ0v) is 14.3. The lowest BCUT2D eigenvalue weighted by molar-refractivity contribution is 0.504. The normalized spacial score (nSPS) is 18.6. The van der Waals surface area contributed by atoms with Crippen LogP contribution in [-0.4, -0.2) is 13.6 Å². The van der Waals surface area contributed by atoms with Gasteiger partial charge in [-0.1, -0.05) is 56.3 Å². The Balaban J connectivity index is 2.26. The molecule has 0 fully saturated rings. The molecule has 0 spiro atoms. The van der Waals surface area contributed by atoms with Gasteiger partial charge in [0.2, 0.25) is 0 Å². The Morgan fingerprint density at radius 1 is 1.08 bits per heavy atom. The number of likely N-dealkylation sites (N-methyl/N-ethyl adjacent to an activating group) is 1. The fourth-order valence-corrected chi connectivity index (χ4v) is 3.60. The molecule has 1 aliphatic rings. The minimum absolute atomic E-state index is 0.173. The van der Waals surface area contributed by atoms with E-state index in [1.807, 2.05) is 37.4 Å². The van der Waals surface area contributed by atoms with Crippen LogP contribution in [0.3, 0.4) is 0 Å². The molecule has 0 aliphatic carbocycles. The van der Waals surface area contributed by atoms with Gasteiger partial charge >= 0.3 is 0 Å². The number of hydrogen-bond acceptors (Lipinski definition) is 3. The van der Waals surface area contributed by atoms with E-state index in [4.69, 9.17) is 0 Å². The number of benzene rings is 2. The lowest BCUT2D eigenvalue weighted by Crippen LogP contribution is -2.44. The van der Waals surface area contributed by atoms with Crippen LogP contribution >= 0.6 is 0 Å². The molecule has 0 saturated carbocycles. The first-order valence-electron chi connectivity index (χ1n) is 8.26. The first-order chi connectivity index (χ1) is 11.5. The van der Waals surface area contributed by atoms with Crippen molar-refractivity contribution >= 4 is 5.69 Å². The predicted octanol–water partition coefficient (Wildman–Crippen LogP) is 4.33. The summed E-state index contributed by atoms with van der Waals surface area (Å²) in [5, 5.41) is 20.1. The highest BCUT2D eigenvalue weighted by atomic mass is 15.1. The number of hydrogen-bond donors (Lipinski definition) is 0. The van der Waals surface area contributed by atoms with Gasteiger partial charge in [-0.3, -0.25) is 0 Å². The summed E-state index contributed by atoms with van der Waals surface area (Å²) in [5.41, 5.74) is 2.85. The largest absolute Gasteiger partial charge is 0.374 e. The van der Waals surface area contributed by atoms with Crippen molar-refractivity contribution in [1.29, 1.82) is 10.5 Å². The van der Waals surface area contributed by atoms with E-state index >= 15 is 0 Å². The Labute approximate surface area is 143 Å². The number of nitriles is 2. The lowest BCUT2D eigenvalue weighted by Gasteiger charge is -2.41. The maximum atomic E-state index is 10.0. The quantitative estimate of drug-likeness (QED) is 0.829. The zero-order valence-electron chi connectivity index (χ0n) is 14.3. The van der Waals surface area contributed by atoms with Crippen molar-refractivity contribution in [2.24, 2.45) is 0 Å². The molecule has 1 heterocycles. The molecule has 0 aromatic heterocycles. The van der Waals surface area contributed by atoms with E-state index in [0.29, 0.717) is 12.5 Å². The second-order valence-electron chi connectivity index (χ2n) is 6.81. The highest BCUT2D eigenvalue weighted by Gasteiger charge is 2.48. The maximum absolute atomic E-state index is 10.0. The van der Waals surface area contributed by atoms with Crippen LogP contribution in [0.2, 0.25) is 0 Å². The van der Waals surface area contributed by atoms with Gasteiger partial charge in [0.25, 0.3) is 0 Å². The van der Waals surface area contributed by atoms with Gasteiger partial charge in [-0.05, 0) is 23.1 Å². The Morgan fingerprint density at radius 3 is 2.33 bits per heavy atom. The molecule has 2 aromatic rings. The SMILES string of the molecule is CC(C)c1ccc2c(c1)C(C#N)(C#N)[C@H](c1ccccc1)CN2C. The summed E-state index contributed by atoms with van der Waals surface area (Å²) < 4.78 is 0. The van der Waals surface area contributed by atoms with Gasteiger partial charge in [0.05, 0.1) is 12.1 Å². The number of rotatable bonds is 2. The highest BCUT2D eigenvalue weighted by Crippen LogP contribution is 2.47. The van der Waals surface area contributed by atoms with Gasteiger partial charge in [-0.15, -0.1) is 0 Å². The van der Waals surface area contributed by atoms with Crippen molar-refractivity contribution < 1.29 is 0 Å². The van der Waals surface area contributed by atoms with Gasteiger partial charge < -0.3 is 4.90 Å². The van der Waals surface area contributed by atoms with E-state index in [9.17, 15) is 10.5 Å². The van der Waals surface area contributed by atoms with E-state index in [1.165, 1.54) is 0 Å². The smallest absolute Gasteiger partial charge is 0.179 e. The third-order valence-electron chi connectivity index (χ3n) is 5.06. The van der Waals surface area contributed by atoms with Gasteiger partial charge in [0.1, 0.15) is 0 Å². The summed E-state index contributed by atoms with van der Waals surface area (Å²) in [7, 11) is 2.03. The molecule has 0 bridgehead atoms. The zero-order chi connectivity index (χ0) is 17.3. The molecule has 0 amide bonds. The summed E-state index contributed by atoms with van der Waals surface area (Å²) in [5.74, 6) is 0.182. The monoisotopic (exact) mass is 315 g/mol. The molecular weight excluding hydrogens is 294 g/mol. The average molecular weight is 315 g/mol. The molecule has 2 aromatic carbocycles. The molecule has 0 unspecified atom stereocenters. The number of anilines is 1. The van der Waals surface area contributed by atoms with E-state index in [-0.39, 0.29) is 5.92 Å². The molecular formula is C21H21N3. The predicted molar refractivity (Wildman–Crippen MR) is 95.9 cm³/mol. The van der Waals surface area contributed by atoms with Crippen LogP contribution in [0, 0.1) is 22.7 Å². The Hall–Kier alpha value is -2.78. The van der Waals surface area contributed by atoms with Crippen molar-refractivity contribution in [2.45, 2.75) is 31.1 Å². The molecule has 0 radical (unpaired) electrons. The van der Waals surface area contributed by atoms with Crippen molar-refractivity contribution in [3.05, 3.63) is 65.2 Å². The summed E-state index contributed by atoms with van der Waals surface area (Å²) >= 11 is 0. The summed E-state index contributed by atoms with van der Waals surface area (Å²) in [6, 6.07) is 20.9. The van der Waals surface area contributed by atoms with Crippen LogP contribution in [0.25, 0.3) is 0 Å².